The second-order valence-electron chi connectivity index (χ2n) is 4.60. The van der Waals surface area contributed by atoms with Gasteiger partial charge in [0.2, 0.25) is 0 Å². The molecule has 0 saturated carbocycles. The van der Waals surface area contributed by atoms with Crippen LogP contribution in [0.2, 0.25) is 0 Å². The van der Waals surface area contributed by atoms with E-state index in [2.05, 4.69) is 0 Å². The Balaban J connectivity index is 2.61. The van der Waals surface area contributed by atoms with Gasteiger partial charge in [0.25, 0.3) is 0 Å². The zero-order valence-electron chi connectivity index (χ0n) is 11.4. The zero-order valence-corrected chi connectivity index (χ0v) is 11.4. The topological polar surface area (TPSA) is 48.3 Å². The maximum atomic E-state index is 11.7. The Bertz CT molecular complexity index is 640. The largest absolute Gasteiger partial charge is 0.495 e. The van der Waals surface area contributed by atoms with Crippen LogP contribution >= 0.6 is 0 Å². The molecule has 4 nitrogen and oxygen atoms in total. The molecule has 0 spiro atoms. The number of benzene rings is 1. The van der Waals surface area contributed by atoms with E-state index in [0.29, 0.717) is 24.3 Å². The van der Waals surface area contributed by atoms with Crippen LogP contribution in [0.25, 0.3) is 10.9 Å². The van der Waals surface area contributed by atoms with Gasteiger partial charge >= 0.3 is 0 Å². The highest BCUT2D eigenvalue weighted by atomic mass is 16.5. The Hall–Kier alpha value is -2.10. The average Bonchev–Trinajstić information content (AvgIpc) is 2.75. The first-order valence-corrected chi connectivity index (χ1v) is 6.20. The molecule has 1 heterocycles. The summed E-state index contributed by atoms with van der Waals surface area (Å²) in [5, 5.41) is 0.871. The fourth-order valence-electron chi connectivity index (χ4n) is 2.23. The minimum atomic E-state index is 0.0137. The Morgan fingerprint density at radius 1 is 1.26 bits per heavy atom. The van der Waals surface area contributed by atoms with E-state index in [4.69, 9.17) is 4.74 Å². The summed E-state index contributed by atoms with van der Waals surface area (Å²) in [4.78, 5) is 22.8. The monoisotopic (exact) mass is 259 g/mol. The number of rotatable bonds is 5. The summed E-state index contributed by atoms with van der Waals surface area (Å²) in [5.41, 5.74) is 1.54. The summed E-state index contributed by atoms with van der Waals surface area (Å²) >= 11 is 0. The number of ether oxygens (including phenoxy) is 1. The van der Waals surface area contributed by atoms with Crippen LogP contribution in [0.1, 0.15) is 30.6 Å². The smallest absolute Gasteiger partial charge is 0.161 e. The van der Waals surface area contributed by atoms with Gasteiger partial charge in [-0.05, 0) is 19.9 Å². The van der Waals surface area contributed by atoms with Crippen LogP contribution in [0.5, 0.6) is 5.75 Å². The maximum Gasteiger partial charge on any atom is 0.161 e. The highest BCUT2D eigenvalue weighted by Crippen LogP contribution is 2.30. The first kappa shape index (κ1) is 13.3. The standard InChI is InChI=1S/C15H17NO3/c1-10(17)7-8-16-9-13(11(2)18)12-5-4-6-14(19-3)15(12)16/h4-6,9H,7-8H2,1-3H3. The van der Waals surface area contributed by atoms with Gasteiger partial charge in [0.05, 0.1) is 12.6 Å². The summed E-state index contributed by atoms with van der Waals surface area (Å²) in [6, 6.07) is 5.62. The van der Waals surface area contributed by atoms with Crippen LogP contribution in [0.3, 0.4) is 0 Å². The molecule has 4 heteroatoms. The van der Waals surface area contributed by atoms with Gasteiger partial charge in [0.15, 0.2) is 5.78 Å². The normalized spacial score (nSPS) is 10.7. The fourth-order valence-corrected chi connectivity index (χ4v) is 2.23. The number of para-hydroxylation sites is 1. The molecule has 0 N–H and O–H groups in total. The molecule has 0 fully saturated rings. The SMILES string of the molecule is COc1cccc2c(C(C)=O)cn(CCC(C)=O)c12. The molecular weight excluding hydrogens is 242 g/mol. The Morgan fingerprint density at radius 3 is 2.58 bits per heavy atom. The summed E-state index contributed by atoms with van der Waals surface area (Å²) in [6.07, 6.45) is 2.25. The van der Waals surface area contributed by atoms with Gasteiger partial charge < -0.3 is 9.30 Å². The second kappa shape index (κ2) is 5.26. The molecule has 0 aliphatic heterocycles. The number of carbonyl (C=O) groups is 2. The van der Waals surface area contributed by atoms with Crippen molar-refractivity contribution in [2.75, 3.05) is 7.11 Å². The van der Waals surface area contributed by atoms with E-state index >= 15 is 0 Å². The molecule has 0 saturated heterocycles. The first-order chi connectivity index (χ1) is 9.04. The molecule has 1 aromatic heterocycles. The molecule has 0 atom stereocenters. The Labute approximate surface area is 112 Å². The number of Topliss-reactive ketones (excluding diaryl/α,β-unsaturated/α-hetero) is 2. The fraction of sp³-hybridized carbons (Fsp3) is 0.333. The number of hydrogen-bond acceptors (Lipinski definition) is 3. The lowest BCUT2D eigenvalue weighted by Crippen LogP contribution is -2.02. The number of hydrogen-bond donors (Lipinski definition) is 0. The van der Waals surface area contributed by atoms with Crippen LogP contribution in [0.4, 0.5) is 0 Å². The van der Waals surface area contributed by atoms with E-state index in [-0.39, 0.29) is 11.6 Å². The Morgan fingerprint density at radius 2 is 2.00 bits per heavy atom. The van der Waals surface area contributed by atoms with Gasteiger partial charge in [-0.15, -0.1) is 0 Å². The van der Waals surface area contributed by atoms with E-state index in [9.17, 15) is 9.59 Å². The van der Waals surface area contributed by atoms with Crippen LogP contribution in [-0.2, 0) is 11.3 Å². The van der Waals surface area contributed by atoms with Crippen molar-refractivity contribution in [3.05, 3.63) is 30.0 Å². The molecule has 2 rings (SSSR count). The molecular formula is C15H17NO3. The molecule has 2 aromatic rings. The molecule has 19 heavy (non-hydrogen) atoms. The third-order valence-corrected chi connectivity index (χ3v) is 3.17. The first-order valence-electron chi connectivity index (χ1n) is 6.20. The quantitative estimate of drug-likeness (QED) is 0.776. The summed E-state index contributed by atoms with van der Waals surface area (Å²) in [5.74, 6) is 0.856. The maximum absolute atomic E-state index is 11.7. The lowest BCUT2D eigenvalue weighted by Gasteiger charge is -2.07. The number of fused-ring (bicyclic) bond motifs is 1. The lowest BCUT2D eigenvalue weighted by atomic mass is 10.1. The van der Waals surface area contributed by atoms with Gasteiger partial charge in [-0.25, -0.2) is 0 Å². The number of aryl methyl sites for hydroxylation is 1. The van der Waals surface area contributed by atoms with Crippen LogP contribution < -0.4 is 4.74 Å². The van der Waals surface area contributed by atoms with Crippen molar-refractivity contribution in [1.29, 1.82) is 0 Å². The summed E-state index contributed by atoms with van der Waals surface area (Å²) < 4.78 is 7.27. The predicted molar refractivity (Wildman–Crippen MR) is 73.8 cm³/mol. The average molecular weight is 259 g/mol. The van der Waals surface area contributed by atoms with Gasteiger partial charge in [0.1, 0.15) is 11.5 Å². The van der Waals surface area contributed by atoms with Crippen LogP contribution in [0.15, 0.2) is 24.4 Å². The number of methoxy groups -OCH3 is 1. The molecule has 100 valence electrons. The molecule has 0 unspecified atom stereocenters. The van der Waals surface area contributed by atoms with Crippen molar-refractivity contribution < 1.29 is 14.3 Å². The third-order valence-electron chi connectivity index (χ3n) is 3.17. The Kier molecular flexibility index (Phi) is 3.69. The van der Waals surface area contributed by atoms with Crippen LogP contribution in [-0.4, -0.2) is 23.2 Å². The van der Waals surface area contributed by atoms with E-state index in [0.717, 1.165) is 10.9 Å². The molecule has 0 aliphatic carbocycles. The van der Waals surface area contributed by atoms with Crippen molar-refractivity contribution in [3.8, 4) is 5.75 Å². The number of ketones is 2. The third kappa shape index (κ3) is 2.52. The van der Waals surface area contributed by atoms with E-state index in [1.165, 1.54) is 0 Å². The van der Waals surface area contributed by atoms with Crippen molar-refractivity contribution in [3.63, 3.8) is 0 Å². The van der Waals surface area contributed by atoms with Crippen molar-refractivity contribution >= 4 is 22.5 Å². The number of carbonyl (C=O) groups excluding carboxylic acids is 2. The van der Waals surface area contributed by atoms with Gasteiger partial charge in [0, 0.05) is 30.1 Å². The highest BCUT2D eigenvalue weighted by molar-refractivity contribution is 6.08. The molecule has 0 radical (unpaired) electrons. The van der Waals surface area contributed by atoms with Gasteiger partial charge in [-0.2, -0.15) is 0 Å². The molecule has 0 amide bonds. The molecule has 0 bridgehead atoms. The van der Waals surface area contributed by atoms with Crippen molar-refractivity contribution in [2.45, 2.75) is 26.8 Å². The van der Waals surface area contributed by atoms with E-state index in [1.54, 1.807) is 27.2 Å². The molecule has 1 aromatic carbocycles. The molecule has 0 aliphatic rings. The van der Waals surface area contributed by atoms with Crippen molar-refractivity contribution in [1.82, 2.24) is 4.57 Å². The summed E-state index contributed by atoms with van der Waals surface area (Å²) in [7, 11) is 1.60. The minimum absolute atomic E-state index is 0.0137. The number of nitrogens with zero attached hydrogens (tertiary/aromatic N) is 1. The minimum Gasteiger partial charge on any atom is -0.495 e. The number of aromatic nitrogens is 1. The van der Waals surface area contributed by atoms with Gasteiger partial charge in [-0.3, -0.25) is 9.59 Å². The van der Waals surface area contributed by atoms with Crippen LogP contribution in [0, 0.1) is 0 Å². The lowest BCUT2D eigenvalue weighted by molar-refractivity contribution is -0.117. The highest BCUT2D eigenvalue weighted by Gasteiger charge is 2.15. The van der Waals surface area contributed by atoms with E-state index in [1.807, 2.05) is 22.8 Å². The predicted octanol–water partition coefficient (Wildman–Crippen LogP) is 2.83. The second-order valence-corrected chi connectivity index (χ2v) is 4.60. The zero-order chi connectivity index (χ0) is 14.0. The van der Waals surface area contributed by atoms with E-state index < -0.39 is 0 Å². The van der Waals surface area contributed by atoms with Gasteiger partial charge in [-0.1, -0.05) is 12.1 Å². The summed E-state index contributed by atoms with van der Waals surface area (Å²) in [6.45, 7) is 3.66. The van der Waals surface area contributed by atoms with Crippen molar-refractivity contribution in [2.24, 2.45) is 0 Å².